The number of urea groups is 1. The number of alkyl halides is 1. The fourth-order valence-electron chi connectivity index (χ4n) is 2.20. The average molecular weight is 309 g/mol. The van der Waals surface area contributed by atoms with Crippen molar-refractivity contribution in [3.05, 3.63) is 0 Å². The van der Waals surface area contributed by atoms with Crippen molar-refractivity contribution >= 4 is 17.6 Å². The first kappa shape index (κ1) is 15.8. The Balaban J connectivity index is 2.02. The van der Waals surface area contributed by atoms with Crippen LogP contribution in [0.2, 0.25) is 0 Å². The van der Waals surface area contributed by atoms with Crippen LogP contribution in [0.3, 0.4) is 0 Å². The van der Waals surface area contributed by atoms with E-state index in [1.807, 2.05) is 0 Å². The molecule has 1 aliphatic carbocycles. The number of nitrogens with one attached hydrogen (secondary N) is 1. The number of aliphatic hydroxyl groups excluding tert-OH is 3. The van der Waals surface area contributed by atoms with Gasteiger partial charge in [-0.05, 0) is 18.8 Å². The summed E-state index contributed by atoms with van der Waals surface area (Å²) in [6, 6.07) is -0.384. The first-order chi connectivity index (χ1) is 9.54. The Hall–Kier alpha value is -0.600. The molecule has 4 N–H and O–H groups in total. The molecule has 0 aromatic heterocycles. The van der Waals surface area contributed by atoms with Gasteiger partial charge in [0.2, 0.25) is 0 Å². The SMILES string of the molecule is O=C(NCCCl)N(CC1CC1)[C@@H]1OC[C@@H](O)[C@H](O)[C@H]1O. The van der Waals surface area contributed by atoms with Gasteiger partial charge in [-0.3, -0.25) is 4.90 Å². The zero-order valence-corrected chi connectivity index (χ0v) is 11.9. The molecule has 0 bridgehead atoms. The van der Waals surface area contributed by atoms with Gasteiger partial charge in [-0.15, -0.1) is 11.6 Å². The molecule has 2 rings (SSSR count). The second-order valence-corrected chi connectivity index (χ2v) is 5.67. The van der Waals surface area contributed by atoms with E-state index < -0.39 is 24.5 Å². The van der Waals surface area contributed by atoms with E-state index in [1.54, 1.807) is 0 Å². The summed E-state index contributed by atoms with van der Waals surface area (Å²) in [5.74, 6) is 0.690. The van der Waals surface area contributed by atoms with Crippen molar-refractivity contribution in [2.45, 2.75) is 37.4 Å². The fourth-order valence-corrected chi connectivity index (χ4v) is 2.30. The maximum Gasteiger partial charge on any atom is 0.319 e. The summed E-state index contributed by atoms with van der Waals surface area (Å²) < 4.78 is 5.34. The molecule has 2 amide bonds. The molecule has 2 aliphatic rings. The molecule has 0 spiro atoms. The molecule has 1 saturated heterocycles. The number of carbonyl (C=O) groups excluding carboxylic acids is 1. The third-order valence-corrected chi connectivity index (χ3v) is 3.75. The first-order valence-corrected chi connectivity index (χ1v) is 7.34. The van der Waals surface area contributed by atoms with Crippen molar-refractivity contribution in [2.24, 2.45) is 5.92 Å². The summed E-state index contributed by atoms with van der Waals surface area (Å²) in [6.07, 6.45) is -2.68. The van der Waals surface area contributed by atoms with Crippen LogP contribution in [0.1, 0.15) is 12.8 Å². The number of rotatable bonds is 5. The maximum atomic E-state index is 12.1. The van der Waals surface area contributed by atoms with Gasteiger partial charge < -0.3 is 25.4 Å². The smallest absolute Gasteiger partial charge is 0.319 e. The van der Waals surface area contributed by atoms with E-state index in [0.717, 1.165) is 12.8 Å². The van der Waals surface area contributed by atoms with E-state index in [4.69, 9.17) is 16.3 Å². The second-order valence-electron chi connectivity index (χ2n) is 5.29. The lowest BCUT2D eigenvalue weighted by Crippen LogP contribution is -2.62. The molecule has 2 fully saturated rings. The van der Waals surface area contributed by atoms with Gasteiger partial charge >= 0.3 is 6.03 Å². The topological polar surface area (TPSA) is 102 Å². The van der Waals surface area contributed by atoms with Crippen molar-refractivity contribution in [1.82, 2.24) is 10.2 Å². The number of carbonyl (C=O) groups is 1. The van der Waals surface area contributed by atoms with Crippen LogP contribution in [0.15, 0.2) is 0 Å². The quantitative estimate of drug-likeness (QED) is 0.492. The Labute approximate surface area is 122 Å². The Bertz CT molecular complexity index is 342. The van der Waals surface area contributed by atoms with Gasteiger partial charge in [0.15, 0.2) is 6.23 Å². The third-order valence-electron chi connectivity index (χ3n) is 3.56. The Kier molecular flexibility index (Phi) is 5.45. The highest BCUT2D eigenvalue weighted by atomic mass is 35.5. The molecule has 1 saturated carbocycles. The van der Waals surface area contributed by atoms with Crippen LogP contribution in [-0.4, -0.2) is 76.4 Å². The normalized spacial score (nSPS) is 33.8. The van der Waals surface area contributed by atoms with Gasteiger partial charge in [0, 0.05) is 19.0 Å². The number of ether oxygens (including phenoxy) is 1. The van der Waals surface area contributed by atoms with Crippen LogP contribution in [0.25, 0.3) is 0 Å². The minimum atomic E-state index is -1.33. The van der Waals surface area contributed by atoms with Crippen LogP contribution in [0.4, 0.5) is 4.79 Å². The van der Waals surface area contributed by atoms with Crippen molar-refractivity contribution in [1.29, 1.82) is 0 Å². The van der Waals surface area contributed by atoms with E-state index in [9.17, 15) is 20.1 Å². The summed E-state index contributed by atoms with van der Waals surface area (Å²) in [5, 5.41) is 31.8. The van der Waals surface area contributed by atoms with Gasteiger partial charge in [0.1, 0.15) is 18.3 Å². The van der Waals surface area contributed by atoms with Crippen LogP contribution in [0, 0.1) is 5.92 Å². The molecule has 0 aromatic carbocycles. The molecule has 8 heteroatoms. The van der Waals surface area contributed by atoms with Gasteiger partial charge in [-0.25, -0.2) is 4.79 Å². The van der Waals surface area contributed by atoms with Crippen molar-refractivity contribution in [2.75, 3.05) is 25.6 Å². The van der Waals surface area contributed by atoms with Crippen LogP contribution in [0.5, 0.6) is 0 Å². The van der Waals surface area contributed by atoms with E-state index in [0.29, 0.717) is 24.9 Å². The number of hydrogen-bond donors (Lipinski definition) is 4. The predicted molar refractivity (Wildman–Crippen MR) is 71.3 cm³/mol. The molecule has 0 radical (unpaired) electrons. The van der Waals surface area contributed by atoms with E-state index >= 15 is 0 Å². The zero-order valence-electron chi connectivity index (χ0n) is 11.1. The van der Waals surface area contributed by atoms with Crippen LogP contribution < -0.4 is 5.32 Å². The minimum Gasteiger partial charge on any atom is -0.388 e. The van der Waals surface area contributed by atoms with Crippen molar-refractivity contribution < 1.29 is 24.9 Å². The van der Waals surface area contributed by atoms with Crippen molar-refractivity contribution in [3.8, 4) is 0 Å². The van der Waals surface area contributed by atoms with Gasteiger partial charge in [-0.2, -0.15) is 0 Å². The molecular weight excluding hydrogens is 288 g/mol. The van der Waals surface area contributed by atoms with Gasteiger partial charge in [-0.1, -0.05) is 0 Å². The summed E-state index contributed by atoms with van der Waals surface area (Å²) in [4.78, 5) is 13.5. The fraction of sp³-hybridized carbons (Fsp3) is 0.917. The lowest BCUT2D eigenvalue weighted by atomic mass is 10.0. The van der Waals surface area contributed by atoms with E-state index in [-0.39, 0.29) is 12.6 Å². The van der Waals surface area contributed by atoms with E-state index in [2.05, 4.69) is 5.32 Å². The number of amides is 2. The summed E-state index contributed by atoms with van der Waals surface area (Å²) >= 11 is 5.54. The largest absolute Gasteiger partial charge is 0.388 e. The van der Waals surface area contributed by atoms with E-state index in [1.165, 1.54) is 4.90 Å². The standard InChI is InChI=1S/C12H21ClN2O5/c13-3-4-14-12(19)15(5-7-1-2-7)11-10(18)9(17)8(16)6-20-11/h7-11,16-18H,1-6H2,(H,14,19)/t8-,9+,10-,11-/m1/s1. The highest BCUT2D eigenvalue weighted by Gasteiger charge is 2.43. The average Bonchev–Trinajstić information content (AvgIpc) is 3.24. The molecule has 0 unspecified atom stereocenters. The Morgan fingerprint density at radius 2 is 2.00 bits per heavy atom. The predicted octanol–water partition coefficient (Wildman–Crippen LogP) is -0.914. The molecule has 1 aliphatic heterocycles. The second kappa shape index (κ2) is 6.91. The van der Waals surface area contributed by atoms with Crippen molar-refractivity contribution in [3.63, 3.8) is 0 Å². The van der Waals surface area contributed by atoms with Gasteiger partial charge in [0.25, 0.3) is 0 Å². The summed E-state index contributed by atoms with van der Waals surface area (Å²) in [7, 11) is 0. The number of hydrogen-bond acceptors (Lipinski definition) is 5. The van der Waals surface area contributed by atoms with Crippen LogP contribution in [-0.2, 0) is 4.74 Å². The molecule has 4 atom stereocenters. The first-order valence-electron chi connectivity index (χ1n) is 6.80. The molecule has 116 valence electrons. The molecule has 20 heavy (non-hydrogen) atoms. The Morgan fingerprint density at radius 1 is 1.30 bits per heavy atom. The molecule has 0 aromatic rings. The summed E-state index contributed by atoms with van der Waals surface area (Å²) in [5.41, 5.74) is 0. The number of halogens is 1. The van der Waals surface area contributed by atoms with Crippen LogP contribution >= 0.6 is 11.6 Å². The molecular formula is C12H21ClN2O5. The highest BCUT2D eigenvalue weighted by molar-refractivity contribution is 6.18. The van der Waals surface area contributed by atoms with Gasteiger partial charge in [0.05, 0.1) is 6.61 Å². The lowest BCUT2D eigenvalue weighted by Gasteiger charge is -2.41. The number of aliphatic hydroxyl groups is 3. The number of nitrogens with zero attached hydrogens (tertiary/aromatic N) is 1. The minimum absolute atomic E-state index is 0.118. The summed E-state index contributed by atoms with van der Waals surface area (Å²) in [6.45, 7) is 0.654. The molecule has 1 heterocycles. The lowest BCUT2D eigenvalue weighted by molar-refractivity contribution is -0.219. The monoisotopic (exact) mass is 308 g/mol. The third kappa shape index (κ3) is 3.73. The maximum absolute atomic E-state index is 12.1. The Morgan fingerprint density at radius 3 is 2.60 bits per heavy atom. The molecule has 7 nitrogen and oxygen atoms in total. The zero-order chi connectivity index (χ0) is 14.7. The highest BCUT2D eigenvalue weighted by Crippen LogP contribution is 2.31.